The molecule has 0 saturated carbocycles. The highest BCUT2D eigenvalue weighted by Crippen LogP contribution is 2.22. The van der Waals surface area contributed by atoms with Gasteiger partial charge in [0.1, 0.15) is 0 Å². The van der Waals surface area contributed by atoms with Crippen molar-refractivity contribution < 1.29 is 14.3 Å². The van der Waals surface area contributed by atoms with E-state index in [2.05, 4.69) is 26.6 Å². The van der Waals surface area contributed by atoms with Crippen molar-refractivity contribution in [3.63, 3.8) is 0 Å². The molecule has 2 rings (SSSR count). The average molecular weight is 343 g/mol. The van der Waals surface area contributed by atoms with Gasteiger partial charge in [0.2, 0.25) is 0 Å². The zero-order chi connectivity index (χ0) is 14.6. The molecule has 1 aromatic carbocycles. The van der Waals surface area contributed by atoms with Gasteiger partial charge >= 0.3 is 6.03 Å². The first-order valence-corrected chi connectivity index (χ1v) is 7.37. The maximum atomic E-state index is 11.8. The molecule has 1 aliphatic rings. The Morgan fingerprint density at radius 1 is 1.40 bits per heavy atom. The topological polar surface area (TPSA) is 59.6 Å². The van der Waals surface area contributed by atoms with Gasteiger partial charge in [-0.05, 0) is 31.5 Å². The normalized spacial score (nSPS) is 16.9. The summed E-state index contributed by atoms with van der Waals surface area (Å²) in [6, 6.07) is 5.45. The Bertz CT molecular complexity index is 487. The summed E-state index contributed by atoms with van der Waals surface area (Å²) >= 11 is 3.44. The molecular formula is C14H19BrN2O3. The zero-order valence-corrected chi connectivity index (χ0v) is 13.2. The molecule has 0 aromatic heterocycles. The lowest BCUT2D eigenvalue weighted by atomic mass is 10.2. The number of nitrogens with one attached hydrogen (secondary N) is 2. The predicted octanol–water partition coefficient (Wildman–Crippen LogP) is 3.03. The average Bonchev–Trinajstić information content (AvgIpc) is 2.81. The summed E-state index contributed by atoms with van der Waals surface area (Å²) < 4.78 is 11.9. The summed E-state index contributed by atoms with van der Waals surface area (Å²) in [6.07, 6.45) is 0.623. The van der Waals surface area contributed by atoms with Gasteiger partial charge in [-0.15, -0.1) is 0 Å². The number of anilines is 1. The lowest BCUT2D eigenvalue weighted by molar-refractivity contribution is -0.145. The largest absolute Gasteiger partial charge is 0.348 e. The van der Waals surface area contributed by atoms with Gasteiger partial charge in [-0.3, -0.25) is 0 Å². The van der Waals surface area contributed by atoms with Gasteiger partial charge in [0.15, 0.2) is 5.79 Å². The van der Waals surface area contributed by atoms with Crippen LogP contribution in [-0.4, -0.2) is 31.6 Å². The van der Waals surface area contributed by atoms with Gasteiger partial charge in [0, 0.05) is 23.1 Å². The Hall–Kier alpha value is -1.11. The summed E-state index contributed by atoms with van der Waals surface area (Å²) in [5, 5.41) is 5.58. The minimum absolute atomic E-state index is 0.234. The Kier molecular flexibility index (Phi) is 5.01. The number of benzene rings is 1. The van der Waals surface area contributed by atoms with Crippen molar-refractivity contribution in [2.45, 2.75) is 26.1 Å². The fourth-order valence-corrected chi connectivity index (χ4v) is 2.33. The van der Waals surface area contributed by atoms with Crippen LogP contribution in [0.25, 0.3) is 0 Å². The molecule has 2 N–H and O–H groups in total. The Labute approximate surface area is 127 Å². The second-order valence-electron chi connectivity index (χ2n) is 4.93. The molecule has 5 nitrogen and oxygen atoms in total. The molecule has 1 aliphatic heterocycles. The highest BCUT2D eigenvalue weighted by Gasteiger charge is 2.30. The third kappa shape index (κ3) is 4.19. The van der Waals surface area contributed by atoms with E-state index in [0.29, 0.717) is 26.2 Å². The summed E-state index contributed by atoms with van der Waals surface area (Å²) in [5.41, 5.74) is 1.87. The van der Waals surface area contributed by atoms with Gasteiger partial charge in [-0.2, -0.15) is 0 Å². The number of hydrogen-bond donors (Lipinski definition) is 2. The van der Waals surface area contributed by atoms with E-state index in [1.165, 1.54) is 0 Å². The molecule has 2 amide bonds. The van der Waals surface area contributed by atoms with Crippen LogP contribution < -0.4 is 10.6 Å². The Morgan fingerprint density at radius 3 is 2.75 bits per heavy atom. The minimum Gasteiger partial charge on any atom is -0.348 e. The molecule has 110 valence electrons. The second-order valence-corrected chi connectivity index (χ2v) is 5.78. The summed E-state index contributed by atoms with van der Waals surface area (Å²) in [6.45, 7) is 5.60. The molecule has 0 atom stereocenters. The minimum atomic E-state index is -0.569. The van der Waals surface area contributed by atoms with Crippen molar-refractivity contribution in [2.75, 3.05) is 25.1 Å². The van der Waals surface area contributed by atoms with Crippen molar-refractivity contribution in [1.29, 1.82) is 0 Å². The Morgan fingerprint density at radius 2 is 2.10 bits per heavy atom. The monoisotopic (exact) mass is 342 g/mol. The number of carbonyl (C=O) groups excluding carboxylic acids is 1. The SMILES string of the molecule is Cc1ccc(NC(=O)NCCC2(C)OCCO2)cc1Br. The maximum Gasteiger partial charge on any atom is 0.319 e. The summed E-state index contributed by atoms with van der Waals surface area (Å²) in [7, 11) is 0. The van der Waals surface area contributed by atoms with Crippen LogP contribution >= 0.6 is 15.9 Å². The molecule has 20 heavy (non-hydrogen) atoms. The number of amides is 2. The van der Waals surface area contributed by atoms with Gasteiger partial charge in [0.25, 0.3) is 0 Å². The first kappa shape index (κ1) is 15.3. The van der Waals surface area contributed by atoms with E-state index in [9.17, 15) is 4.79 Å². The number of rotatable bonds is 4. The van der Waals surface area contributed by atoms with Crippen molar-refractivity contribution in [2.24, 2.45) is 0 Å². The quantitative estimate of drug-likeness (QED) is 0.884. The number of ether oxygens (including phenoxy) is 2. The molecule has 1 heterocycles. The van der Waals surface area contributed by atoms with Crippen molar-refractivity contribution in [3.8, 4) is 0 Å². The maximum absolute atomic E-state index is 11.8. The van der Waals surface area contributed by atoms with Crippen molar-refractivity contribution in [3.05, 3.63) is 28.2 Å². The van der Waals surface area contributed by atoms with Crippen LogP contribution in [0.1, 0.15) is 18.9 Å². The molecule has 1 saturated heterocycles. The molecule has 0 bridgehead atoms. The second kappa shape index (κ2) is 6.56. The van der Waals surface area contributed by atoms with Crippen LogP contribution in [0.3, 0.4) is 0 Å². The van der Waals surface area contributed by atoms with Gasteiger partial charge < -0.3 is 20.1 Å². The third-order valence-corrected chi connectivity index (χ3v) is 4.05. The van der Waals surface area contributed by atoms with E-state index >= 15 is 0 Å². The van der Waals surface area contributed by atoms with Crippen LogP contribution in [0.4, 0.5) is 10.5 Å². The van der Waals surface area contributed by atoms with Crippen LogP contribution in [0.15, 0.2) is 22.7 Å². The van der Waals surface area contributed by atoms with Crippen LogP contribution in [-0.2, 0) is 9.47 Å². The number of hydrogen-bond acceptors (Lipinski definition) is 3. The highest BCUT2D eigenvalue weighted by molar-refractivity contribution is 9.10. The summed E-state index contributed by atoms with van der Waals surface area (Å²) in [4.78, 5) is 11.8. The van der Waals surface area contributed by atoms with E-state index in [-0.39, 0.29) is 6.03 Å². The van der Waals surface area contributed by atoms with E-state index in [0.717, 1.165) is 15.7 Å². The number of halogens is 1. The molecule has 0 aliphatic carbocycles. The number of carbonyl (C=O) groups is 1. The van der Waals surface area contributed by atoms with Crippen LogP contribution in [0.2, 0.25) is 0 Å². The number of aryl methyl sites for hydroxylation is 1. The number of urea groups is 1. The van der Waals surface area contributed by atoms with E-state index in [4.69, 9.17) is 9.47 Å². The molecule has 0 spiro atoms. The van der Waals surface area contributed by atoms with Crippen LogP contribution in [0.5, 0.6) is 0 Å². The lowest BCUT2D eigenvalue weighted by Gasteiger charge is -2.22. The van der Waals surface area contributed by atoms with E-state index < -0.39 is 5.79 Å². The van der Waals surface area contributed by atoms with E-state index in [1.54, 1.807) is 0 Å². The van der Waals surface area contributed by atoms with Gasteiger partial charge in [0.05, 0.1) is 13.2 Å². The zero-order valence-electron chi connectivity index (χ0n) is 11.7. The summed E-state index contributed by atoms with van der Waals surface area (Å²) in [5.74, 6) is -0.569. The Balaban J connectivity index is 1.76. The third-order valence-electron chi connectivity index (χ3n) is 3.19. The standard InChI is InChI=1S/C14H19BrN2O3/c1-10-3-4-11(9-12(10)15)17-13(18)16-6-5-14(2)19-7-8-20-14/h3-4,9H,5-8H2,1-2H3,(H2,16,17,18). The lowest BCUT2D eigenvalue weighted by Crippen LogP contribution is -2.35. The highest BCUT2D eigenvalue weighted by atomic mass is 79.9. The molecular weight excluding hydrogens is 324 g/mol. The molecule has 0 radical (unpaired) electrons. The first-order chi connectivity index (χ1) is 9.48. The fourth-order valence-electron chi connectivity index (χ4n) is 1.95. The van der Waals surface area contributed by atoms with Crippen molar-refractivity contribution in [1.82, 2.24) is 5.32 Å². The molecule has 6 heteroatoms. The predicted molar refractivity (Wildman–Crippen MR) is 80.8 cm³/mol. The van der Waals surface area contributed by atoms with Gasteiger partial charge in [-0.25, -0.2) is 4.79 Å². The first-order valence-electron chi connectivity index (χ1n) is 6.57. The van der Waals surface area contributed by atoms with Gasteiger partial charge in [-0.1, -0.05) is 22.0 Å². The fraction of sp³-hybridized carbons (Fsp3) is 0.500. The van der Waals surface area contributed by atoms with Crippen molar-refractivity contribution >= 4 is 27.6 Å². The molecule has 1 aromatic rings. The molecule has 0 unspecified atom stereocenters. The van der Waals surface area contributed by atoms with Crippen LogP contribution in [0, 0.1) is 6.92 Å². The smallest absolute Gasteiger partial charge is 0.319 e. The van der Waals surface area contributed by atoms with E-state index in [1.807, 2.05) is 32.0 Å². The molecule has 1 fully saturated rings.